The first-order valence-corrected chi connectivity index (χ1v) is 13.0. The fourth-order valence-corrected chi connectivity index (χ4v) is 4.70. The topological polar surface area (TPSA) is 134 Å². The van der Waals surface area contributed by atoms with Crippen molar-refractivity contribution >= 4 is 41.0 Å². The van der Waals surface area contributed by atoms with Gasteiger partial charge in [0.1, 0.15) is 0 Å². The first-order valence-electron chi connectivity index (χ1n) is 12.2. The van der Waals surface area contributed by atoms with E-state index in [1.807, 2.05) is 6.07 Å². The van der Waals surface area contributed by atoms with Gasteiger partial charge in [-0.2, -0.15) is 5.21 Å². The Balaban J connectivity index is 1.22. The maximum Gasteiger partial charge on any atom is 0.269 e. The molecule has 0 aliphatic carbocycles. The smallest absolute Gasteiger partial charge is 0.269 e. The van der Waals surface area contributed by atoms with E-state index in [1.165, 1.54) is 0 Å². The summed E-state index contributed by atoms with van der Waals surface area (Å²) in [6.45, 7) is 2.69. The number of tetrazole rings is 1. The normalized spacial score (nSPS) is 14.2. The van der Waals surface area contributed by atoms with Gasteiger partial charge < -0.3 is 14.8 Å². The number of aromatic amines is 1. The predicted molar refractivity (Wildman–Crippen MR) is 143 cm³/mol. The fraction of sp³-hybridized carbons (Fsp3) is 0.400. The summed E-state index contributed by atoms with van der Waals surface area (Å²) >= 11 is 12.2. The summed E-state index contributed by atoms with van der Waals surface area (Å²) in [6, 6.07) is 10.5. The molecule has 11 nitrogen and oxygen atoms in total. The second-order valence-corrected chi connectivity index (χ2v) is 9.76. The van der Waals surface area contributed by atoms with Gasteiger partial charge in [-0.25, -0.2) is 0 Å². The van der Waals surface area contributed by atoms with Crippen LogP contribution in [-0.2, 0) is 11.2 Å². The average Bonchev–Trinajstić information content (AvgIpc) is 3.42. The van der Waals surface area contributed by atoms with Crippen molar-refractivity contribution < 1.29 is 19.1 Å². The van der Waals surface area contributed by atoms with Gasteiger partial charge in [0.25, 0.3) is 11.9 Å². The summed E-state index contributed by atoms with van der Waals surface area (Å²) < 4.78 is 11.3. The Morgan fingerprint density at radius 3 is 2.66 bits per heavy atom. The highest BCUT2D eigenvalue weighted by Gasteiger charge is 2.22. The van der Waals surface area contributed by atoms with Crippen LogP contribution < -0.4 is 20.1 Å². The molecule has 1 aliphatic rings. The Morgan fingerprint density at radius 2 is 1.95 bits per heavy atom. The molecule has 4 rings (SSSR count). The van der Waals surface area contributed by atoms with Crippen LogP contribution in [0.4, 0.5) is 5.95 Å². The quantitative estimate of drug-likeness (QED) is 0.325. The summed E-state index contributed by atoms with van der Waals surface area (Å²) in [5.41, 5.74) is 1.41. The third kappa shape index (κ3) is 7.80. The van der Waals surface area contributed by atoms with Crippen LogP contribution in [0.2, 0.25) is 10.0 Å². The van der Waals surface area contributed by atoms with Crippen LogP contribution >= 0.6 is 23.2 Å². The number of piperidine rings is 1. The molecule has 1 aliphatic heterocycles. The van der Waals surface area contributed by atoms with Gasteiger partial charge in [-0.05, 0) is 73.0 Å². The van der Waals surface area contributed by atoms with Crippen LogP contribution in [0.5, 0.6) is 11.5 Å². The van der Waals surface area contributed by atoms with E-state index < -0.39 is 0 Å². The van der Waals surface area contributed by atoms with E-state index in [9.17, 15) is 9.59 Å². The molecule has 2 aromatic carbocycles. The second kappa shape index (κ2) is 13.4. The lowest BCUT2D eigenvalue weighted by atomic mass is 9.96. The van der Waals surface area contributed by atoms with Gasteiger partial charge in [0.15, 0.2) is 11.5 Å². The van der Waals surface area contributed by atoms with Gasteiger partial charge in [-0.1, -0.05) is 34.4 Å². The number of hydrogen-bond donors (Lipinski definition) is 3. The molecular formula is C25H29Cl2N7O4. The molecule has 3 N–H and O–H groups in total. The van der Waals surface area contributed by atoms with E-state index in [2.05, 4.69) is 36.2 Å². The molecule has 3 aromatic rings. The number of methoxy groups -OCH3 is 1. The van der Waals surface area contributed by atoms with Gasteiger partial charge in [-0.15, -0.1) is 5.10 Å². The second-order valence-electron chi connectivity index (χ2n) is 8.91. The monoisotopic (exact) mass is 561 g/mol. The van der Waals surface area contributed by atoms with Gasteiger partial charge in [-0.3, -0.25) is 19.8 Å². The molecule has 2 heterocycles. The van der Waals surface area contributed by atoms with Crippen molar-refractivity contribution in [2.24, 2.45) is 5.92 Å². The molecule has 202 valence electrons. The number of ether oxygens (including phenoxy) is 2. The van der Waals surface area contributed by atoms with Crippen molar-refractivity contribution in [3.63, 3.8) is 0 Å². The number of halogens is 2. The SMILES string of the molecule is COc1ccc(C(=O)NCC2CCN(CC(=O)Nc3nn[nH]n3)CC2)cc1OCCc1ccc(Cl)cc1Cl. The van der Waals surface area contributed by atoms with Crippen molar-refractivity contribution in [1.82, 2.24) is 30.8 Å². The van der Waals surface area contributed by atoms with E-state index in [0.717, 1.165) is 31.5 Å². The lowest BCUT2D eigenvalue weighted by Crippen LogP contribution is -2.42. The summed E-state index contributed by atoms with van der Waals surface area (Å²) in [7, 11) is 1.55. The zero-order valence-electron chi connectivity index (χ0n) is 20.9. The summed E-state index contributed by atoms with van der Waals surface area (Å²) in [5.74, 6) is 1.14. The van der Waals surface area contributed by atoms with E-state index in [-0.39, 0.29) is 24.3 Å². The number of amides is 2. The van der Waals surface area contributed by atoms with Crippen LogP contribution in [0.3, 0.4) is 0 Å². The number of carbonyl (C=O) groups is 2. The van der Waals surface area contributed by atoms with Crippen LogP contribution in [0.1, 0.15) is 28.8 Å². The summed E-state index contributed by atoms with van der Waals surface area (Å²) in [6.07, 6.45) is 2.33. The molecule has 0 radical (unpaired) electrons. The van der Waals surface area contributed by atoms with E-state index in [4.69, 9.17) is 32.7 Å². The first-order chi connectivity index (χ1) is 18.4. The van der Waals surface area contributed by atoms with Crippen LogP contribution in [-0.4, -0.2) is 77.2 Å². The number of benzene rings is 2. The average molecular weight is 562 g/mol. The lowest BCUT2D eigenvalue weighted by Gasteiger charge is -2.31. The molecule has 1 aromatic heterocycles. The zero-order chi connectivity index (χ0) is 26.9. The summed E-state index contributed by atoms with van der Waals surface area (Å²) in [4.78, 5) is 27.0. The Labute approximate surface area is 230 Å². The number of aromatic nitrogens is 4. The summed E-state index contributed by atoms with van der Waals surface area (Å²) in [5, 5.41) is 19.9. The minimum atomic E-state index is -0.188. The lowest BCUT2D eigenvalue weighted by molar-refractivity contribution is -0.117. The standard InChI is InChI=1S/C25H29Cl2N7O4/c1-37-21-5-3-18(12-22(21)38-11-8-17-2-4-19(26)13-20(17)27)24(36)28-14-16-6-9-34(10-7-16)15-23(35)29-25-30-32-33-31-25/h2-5,12-13,16H,6-11,14-15H2,1H3,(H,28,36)(H2,29,30,31,32,33,35). The van der Waals surface area contributed by atoms with E-state index in [0.29, 0.717) is 52.6 Å². The number of hydrogen-bond acceptors (Lipinski definition) is 8. The molecule has 1 fully saturated rings. The number of rotatable bonds is 11. The van der Waals surface area contributed by atoms with E-state index >= 15 is 0 Å². The molecule has 0 unspecified atom stereocenters. The molecule has 13 heteroatoms. The third-order valence-electron chi connectivity index (χ3n) is 6.29. The largest absolute Gasteiger partial charge is 0.493 e. The minimum absolute atomic E-state index is 0.158. The zero-order valence-corrected chi connectivity index (χ0v) is 22.4. The van der Waals surface area contributed by atoms with Crippen molar-refractivity contribution in [2.45, 2.75) is 19.3 Å². The molecule has 38 heavy (non-hydrogen) atoms. The fourth-order valence-electron chi connectivity index (χ4n) is 4.20. The first kappa shape index (κ1) is 27.6. The Hall–Kier alpha value is -3.41. The number of anilines is 1. The van der Waals surface area contributed by atoms with E-state index in [1.54, 1.807) is 37.4 Å². The number of carbonyl (C=O) groups excluding carboxylic acids is 2. The maximum atomic E-state index is 12.9. The maximum absolute atomic E-state index is 12.9. The van der Waals surface area contributed by atoms with Crippen LogP contribution in [0, 0.1) is 5.92 Å². The minimum Gasteiger partial charge on any atom is -0.493 e. The van der Waals surface area contributed by atoms with Gasteiger partial charge in [0.2, 0.25) is 5.91 Å². The molecule has 0 saturated carbocycles. The van der Waals surface area contributed by atoms with Crippen molar-refractivity contribution in [2.75, 3.05) is 45.2 Å². The van der Waals surface area contributed by atoms with Gasteiger partial charge in [0, 0.05) is 28.6 Å². The molecular weight excluding hydrogens is 533 g/mol. The molecule has 0 spiro atoms. The van der Waals surface area contributed by atoms with Crippen molar-refractivity contribution in [1.29, 1.82) is 0 Å². The predicted octanol–water partition coefficient (Wildman–Crippen LogP) is 3.22. The molecule has 1 saturated heterocycles. The highest BCUT2D eigenvalue weighted by atomic mass is 35.5. The number of nitrogens with zero attached hydrogens (tertiary/aromatic N) is 4. The number of nitrogens with one attached hydrogen (secondary N) is 3. The highest BCUT2D eigenvalue weighted by molar-refractivity contribution is 6.35. The Kier molecular flexibility index (Phi) is 9.74. The number of likely N-dealkylation sites (tertiary alicyclic amines) is 1. The van der Waals surface area contributed by atoms with Gasteiger partial charge in [0.05, 0.1) is 20.3 Å². The van der Waals surface area contributed by atoms with Gasteiger partial charge >= 0.3 is 0 Å². The molecule has 2 amide bonds. The molecule has 0 bridgehead atoms. The van der Waals surface area contributed by atoms with Crippen LogP contribution in [0.15, 0.2) is 36.4 Å². The highest BCUT2D eigenvalue weighted by Crippen LogP contribution is 2.29. The molecule has 0 atom stereocenters. The van der Waals surface area contributed by atoms with Crippen molar-refractivity contribution in [3.05, 3.63) is 57.6 Å². The number of H-pyrrole nitrogens is 1. The Morgan fingerprint density at radius 1 is 1.13 bits per heavy atom. The third-order valence-corrected chi connectivity index (χ3v) is 6.88. The van der Waals surface area contributed by atoms with Crippen LogP contribution in [0.25, 0.3) is 0 Å². The Bertz CT molecular complexity index is 1230. The van der Waals surface area contributed by atoms with Crippen molar-refractivity contribution in [3.8, 4) is 11.5 Å².